The van der Waals surface area contributed by atoms with Gasteiger partial charge < -0.3 is 11.1 Å². The summed E-state index contributed by atoms with van der Waals surface area (Å²) in [4.78, 5) is 11.4. The Hall–Kier alpha value is -1.58. The van der Waals surface area contributed by atoms with Gasteiger partial charge in [0.2, 0.25) is 5.91 Å². The average molecular weight is 238 g/mol. The Morgan fingerprint density at radius 1 is 1.41 bits per heavy atom. The van der Waals surface area contributed by atoms with E-state index >= 15 is 0 Å². The lowest BCUT2D eigenvalue weighted by Gasteiger charge is -2.23. The summed E-state index contributed by atoms with van der Waals surface area (Å²) in [5.41, 5.74) is 6.08. The summed E-state index contributed by atoms with van der Waals surface area (Å²) in [6, 6.07) is 5.49. The molecule has 1 aromatic rings. The molecule has 0 radical (unpaired) electrons. The molecule has 0 aliphatic rings. The normalized spacial score (nSPS) is 14.1. The monoisotopic (exact) mass is 238 g/mol. The van der Waals surface area contributed by atoms with Gasteiger partial charge in [-0.25, -0.2) is 4.39 Å². The predicted octanol–water partition coefficient (Wildman–Crippen LogP) is 2.53. The largest absolute Gasteiger partial charge is 0.373 e. The summed E-state index contributed by atoms with van der Waals surface area (Å²) >= 11 is 0. The van der Waals surface area contributed by atoms with E-state index in [0.717, 1.165) is 12.8 Å². The summed E-state index contributed by atoms with van der Waals surface area (Å²) in [5, 5.41) is 3.05. The molecular formula is C13H19FN2O. The quantitative estimate of drug-likeness (QED) is 0.800. The Morgan fingerprint density at radius 3 is 2.47 bits per heavy atom. The third-order valence-corrected chi connectivity index (χ3v) is 2.79. The first-order valence-corrected chi connectivity index (χ1v) is 5.86. The van der Waals surface area contributed by atoms with Crippen LogP contribution in [0.1, 0.15) is 26.7 Å². The molecular weight excluding hydrogens is 219 g/mol. The zero-order valence-corrected chi connectivity index (χ0v) is 10.2. The molecule has 0 saturated heterocycles. The molecule has 0 aliphatic carbocycles. The van der Waals surface area contributed by atoms with Gasteiger partial charge in [0, 0.05) is 5.69 Å². The van der Waals surface area contributed by atoms with Crippen LogP contribution < -0.4 is 11.1 Å². The first-order valence-electron chi connectivity index (χ1n) is 5.86. The van der Waals surface area contributed by atoms with Crippen molar-refractivity contribution in [2.75, 3.05) is 5.32 Å². The maximum absolute atomic E-state index is 12.7. The highest BCUT2D eigenvalue weighted by atomic mass is 19.1. The number of carbonyl (C=O) groups excluding carboxylic acids is 1. The molecule has 0 spiro atoms. The third kappa shape index (κ3) is 4.06. The van der Waals surface area contributed by atoms with Crippen LogP contribution in [0.15, 0.2) is 24.3 Å². The van der Waals surface area contributed by atoms with Gasteiger partial charge >= 0.3 is 0 Å². The molecule has 0 aliphatic heterocycles. The van der Waals surface area contributed by atoms with Crippen LogP contribution in [0.5, 0.6) is 0 Å². The second-order valence-corrected chi connectivity index (χ2v) is 4.30. The van der Waals surface area contributed by atoms with Crippen LogP contribution in [0, 0.1) is 11.7 Å². The van der Waals surface area contributed by atoms with Crippen molar-refractivity contribution in [2.24, 2.45) is 11.7 Å². The van der Waals surface area contributed by atoms with Gasteiger partial charge in [-0.3, -0.25) is 4.79 Å². The SMILES string of the molecule is CCCC(C)C(Nc1ccc(F)cc1)C(N)=O. The number of hydrogen-bond donors (Lipinski definition) is 2. The fourth-order valence-corrected chi connectivity index (χ4v) is 1.84. The molecule has 0 fully saturated rings. The van der Waals surface area contributed by atoms with E-state index in [1.807, 2.05) is 6.92 Å². The second-order valence-electron chi connectivity index (χ2n) is 4.30. The van der Waals surface area contributed by atoms with Gasteiger partial charge in [0.1, 0.15) is 11.9 Å². The van der Waals surface area contributed by atoms with Crippen LogP contribution in [-0.2, 0) is 4.79 Å². The molecule has 0 saturated carbocycles. The number of benzene rings is 1. The Labute approximate surface area is 101 Å². The molecule has 1 rings (SSSR count). The van der Waals surface area contributed by atoms with E-state index in [1.165, 1.54) is 12.1 Å². The summed E-state index contributed by atoms with van der Waals surface area (Å²) in [5.74, 6) is -0.523. The lowest BCUT2D eigenvalue weighted by molar-refractivity contribution is -0.119. The Bertz CT molecular complexity index is 364. The van der Waals surface area contributed by atoms with Crippen molar-refractivity contribution in [3.05, 3.63) is 30.1 Å². The minimum absolute atomic E-state index is 0.155. The maximum Gasteiger partial charge on any atom is 0.240 e. The number of rotatable bonds is 6. The molecule has 94 valence electrons. The van der Waals surface area contributed by atoms with Crippen molar-refractivity contribution in [3.63, 3.8) is 0 Å². The van der Waals surface area contributed by atoms with Gasteiger partial charge in [-0.1, -0.05) is 20.3 Å². The molecule has 3 N–H and O–H groups in total. The molecule has 0 heterocycles. The van der Waals surface area contributed by atoms with Crippen LogP contribution >= 0.6 is 0 Å². The molecule has 17 heavy (non-hydrogen) atoms. The lowest BCUT2D eigenvalue weighted by atomic mass is 9.96. The second kappa shape index (κ2) is 6.23. The van der Waals surface area contributed by atoms with Gasteiger partial charge in [0.15, 0.2) is 0 Å². The minimum Gasteiger partial charge on any atom is -0.373 e. The van der Waals surface area contributed by atoms with Crippen LogP contribution in [0.2, 0.25) is 0 Å². The van der Waals surface area contributed by atoms with E-state index in [1.54, 1.807) is 12.1 Å². The highest BCUT2D eigenvalue weighted by Gasteiger charge is 2.21. The van der Waals surface area contributed by atoms with Gasteiger partial charge in [0.25, 0.3) is 0 Å². The first-order chi connectivity index (χ1) is 8.04. The first kappa shape index (κ1) is 13.5. The van der Waals surface area contributed by atoms with Crippen molar-refractivity contribution in [2.45, 2.75) is 32.7 Å². The van der Waals surface area contributed by atoms with Gasteiger partial charge in [0.05, 0.1) is 0 Å². The molecule has 0 aromatic heterocycles. The van der Waals surface area contributed by atoms with Crippen LogP contribution in [0.25, 0.3) is 0 Å². The number of carbonyl (C=O) groups is 1. The van der Waals surface area contributed by atoms with E-state index in [0.29, 0.717) is 5.69 Å². The van der Waals surface area contributed by atoms with Gasteiger partial charge in [-0.15, -0.1) is 0 Å². The number of nitrogens with one attached hydrogen (secondary N) is 1. The Balaban J connectivity index is 2.73. The molecule has 3 nitrogen and oxygen atoms in total. The fourth-order valence-electron chi connectivity index (χ4n) is 1.84. The standard InChI is InChI=1S/C13H19FN2O/c1-3-4-9(2)12(13(15)17)16-11-7-5-10(14)6-8-11/h5-9,12,16H,3-4H2,1-2H3,(H2,15,17). The Morgan fingerprint density at radius 2 is 2.00 bits per heavy atom. The summed E-state index contributed by atoms with van der Waals surface area (Å²) in [7, 11) is 0. The van der Waals surface area contributed by atoms with E-state index in [9.17, 15) is 9.18 Å². The van der Waals surface area contributed by atoms with Crippen molar-refractivity contribution in [1.82, 2.24) is 0 Å². The summed E-state index contributed by atoms with van der Waals surface area (Å²) < 4.78 is 12.7. The maximum atomic E-state index is 12.7. The van der Waals surface area contributed by atoms with E-state index in [4.69, 9.17) is 5.73 Å². The zero-order valence-electron chi connectivity index (χ0n) is 10.2. The van der Waals surface area contributed by atoms with Crippen LogP contribution in [0.4, 0.5) is 10.1 Å². The number of nitrogens with two attached hydrogens (primary N) is 1. The van der Waals surface area contributed by atoms with Gasteiger partial charge in [-0.2, -0.15) is 0 Å². The highest BCUT2D eigenvalue weighted by Crippen LogP contribution is 2.17. The van der Waals surface area contributed by atoms with E-state index < -0.39 is 6.04 Å². The molecule has 4 heteroatoms. The number of primary amides is 1. The minimum atomic E-state index is -0.416. The third-order valence-electron chi connectivity index (χ3n) is 2.79. The zero-order chi connectivity index (χ0) is 12.8. The van der Waals surface area contributed by atoms with Crippen molar-refractivity contribution < 1.29 is 9.18 Å². The van der Waals surface area contributed by atoms with Crippen LogP contribution in [-0.4, -0.2) is 11.9 Å². The predicted molar refractivity (Wildman–Crippen MR) is 67.1 cm³/mol. The van der Waals surface area contributed by atoms with Crippen molar-refractivity contribution in [1.29, 1.82) is 0 Å². The highest BCUT2D eigenvalue weighted by molar-refractivity contribution is 5.83. The molecule has 2 atom stereocenters. The smallest absolute Gasteiger partial charge is 0.240 e. The molecule has 2 unspecified atom stereocenters. The number of anilines is 1. The topological polar surface area (TPSA) is 55.1 Å². The number of halogens is 1. The summed E-state index contributed by atoms with van der Waals surface area (Å²) in [6.45, 7) is 4.04. The van der Waals surface area contributed by atoms with Crippen LogP contribution in [0.3, 0.4) is 0 Å². The molecule has 1 aromatic carbocycles. The van der Waals surface area contributed by atoms with E-state index in [-0.39, 0.29) is 17.6 Å². The van der Waals surface area contributed by atoms with Crippen molar-refractivity contribution in [3.8, 4) is 0 Å². The Kier molecular flexibility index (Phi) is 4.94. The summed E-state index contributed by atoms with van der Waals surface area (Å²) in [6.07, 6.45) is 1.91. The average Bonchev–Trinajstić information content (AvgIpc) is 2.28. The van der Waals surface area contributed by atoms with Gasteiger partial charge in [-0.05, 0) is 36.6 Å². The lowest BCUT2D eigenvalue weighted by Crippen LogP contribution is -2.40. The van der Waals surface area contributed by atoms with E-state index in [2.05, 4.69) is 12.2 Å². The van der Waals surface area contributed by atoms with Crippen molar-refractivity contribution >= 4 is 11.6 Å². The number of hydrogen-bond acceptors (Lipinski definition) is 2. The fraction of sp³-hybridized carbons (Fsp3) is 0.462. The molecule has 1 amide bonds. The number of amides is 1. The molecule has 0 bridgehead atoms.